The van der Waals surface area contributed by atoms with Crippen molar-refractivity contribution in [3.05, 3.63) is 0 Å². The van der Waals surface area contributed by atoms with Crippen LogP contribution in [0.4, 0.5) is 39.5 Å². The molecule has 0 aromatic rings. The summed E-state index contributed by atoms with van der Waals surface area (Å²) in [6.45, 7) is 0.371. The lowest BCUT2D eigenvalue weighted by atomic mass is 9.89. The molecule has 1 nitrogen and oxygen atoms in total. The minimum absolute atomic E-state index is 0.371. The van der Waals surface area contributed by atoms with Gasteiger partial charge in [0, 0.05) is 6.42 Å². The van der Waals surface area contributed by atoms with Crippen molar-refractivity contribution in [1.29, 1.82) is 0 Å². The van der Waals surface area contributed by atoms with E-state index < -0.39 is 36.5 Å². The van der Waals surface area contributed by atoms with Crippen LogP contribution in [0.2, 0.25) is 0 Å². The zero-order valence-electron chi connectivity index (χ0n) is 8.13. The molecule has 10 heteroatoms. The van der Waals surface area contributed by atoms with E-state index in [1.165, 1.54) is 0 Å². The molecule has 0 radical (unpaired) electrons. The highest BCUT2D eigenvalue weighted by atomic mass is 19.4. The number of rotatable bonds is 4. The van der Waals surface area contributed by atoms with E-state index in [1.807, 2.05) is 0 Å². The van der Waals surface area contributed by atoms with E-state index in [9.17, 15) is 39.5 Å². The molecule has 0 rings (SSSR count). The Morgan fingerprint density at radius 3 is 1.47 bits per heavy atom. The molecule has 0 amide bonds. The fraction of sp³-hybridized carbons (Fsp3) is 1.00. The largest absolute Gasteiger partial charge is 0.429 e. The maximum atomic E-state index is 12.8. The maximum Gasteiger partial charge on any atom is 0.429 e. The Morgan fingerprint density at radius 1 is 0.941 bits per heavy atom. The third-order valence-electron chi connectivity index (χ3n) is 2.13. The fourth-order valence-electron chi connectivity index (χ4n) is 0.940. The van der Waals surface area contributed by atoms with Gasteiger partial charge in [0.2, 0.25) is 0 Å². The first-order valence-electron chi connectivity index (χ1n) is 4.08. The molecular weight excluding hydrogens is 271 g/mol. The van der Waals surface area contributed by atoms with Crippen molar-refractivity contribution >= 4 is 0 Å². The van der Waals surface area contributed by atoms with Crippen LogP contribution in [-0.4, -0.2) is 35.2 Å². The summed E-state index contributed by atoms with van der Waals surface area (Å²) < 4.78 is 111. The standard InChI is InChI=1S/C7H7F9O/c1-2-4(10,11)6(12,13)5(17,3(8)9)7(14,15)16/h3,17H,2H2,1H3. The van der Waals surface area contributed by atoms with E-state index in [0.717, 1.165) is 0 Å². The van der Waals surface area contributed by atoms with Crippen LogP contribution in [0.15, 0.2) is 0 Å². The SMILES string of the molecule is CCC(F)(F)C(F)(F)C(O)(C(F)F)C(F)(F)F. The topological polar surface area (TPSA) is 20.2 Å². The normalized spacial score (nSPS) is 18.4. The van der Waals surface area contributed by atoms with Crippen molar-refractivity contribution in [2.24, 2.45) is 0 Å². The van der Waals surface area contributed by atoms with Crippen LogP contribution in [0.5, 0.6) is 0 Å². The fourth-order valence-corrected chi connectivity index (χ4v) is 0.940. The zero-order chi connectivity index (χ0) is 14.3. The summed E-state index contributed by atoms with van der Waals surface area (Å²) in [5, 5.41) is 8.31. The van der Waals surface area contributed by atoms with E-state index in [4.69, 9.17) is 5.11 Å². The summed E-state index contributed by atoms with van der Waals surface area (Å²) in [4.78, 5) is 0. The summed E-state index contributed by atoms with van der Waals surface area (Å²) in [5.74, 6) is -11.8. The van der Waals surface area contributed by atoms with Crippen LogP contribution < -0.4 is 0 Å². The Hall–Kier alpha value is -0.670. The molecule has 0 aliphatic rings. The molecule has 0 fully saturated rings. The number of alkyl halides is 9. The Balaban J connectivity index is 5.82. The summed E-state index contributed by atoms with van der Waals surface area (Å²) in [5.41, 5.74) is -6.10. The quantitative estimate of drug-likeness (QED) is 0.783. The minimum atomic E-state index is -6.61. The van der Waals surface area contributed by atoms with Gasteiger partial charge in [-0.3, -0.25) is 0 Å². The Bertz CT molecular complexity index is 271. The Labute approximate surface area is 89.2 Å². The molecule has 17 heavy (non-hydrogen) atoms. The molecule has 0 bridgehead atoms. The zero-order valence-corrected chi connectivity index (χ0v) is 8.13. The summed E-state index contributed by atoms with van der Waals surface area (Å²) >= 11 is 0. The number of halogens is 9. The van der Waals surface area contributed by atoms with Crippen LogP contribution >= 0.6 is 0 Å². The van der Waals surface area contributed by atoms with Gasteiger partial charge in [-0.05, 0) is 0 Å². The molecule has 0 saturated carbocycles. The average molecular weight is 278 g/mol. The number of hydrogen-bond acceptors (Lipinski definition) is 1. The van der Waals surface area contributed by atoms with Crippen LogP contribution in [0.3, 0.4) is 0 Å². The van der Waals surface area contributed by atoms with Gasteiger partial charge in [-0.25, -0.2) is 8.78 Å². The van der Waals surface area contributed by atoms with Gasteiger partial charge in [-0.1, -0.05) is 6.92 Å². The van der Waals surface area contributed by atoms with Crippen LogP contribution in [0.25, 0.3) is 0 Å². The lowest BCUT2D eigenvalue weighted by molar-refractivity contribution is -0.403. The van der Waals surface area contributed by atoms with Gasteiger partial charge in [-0.2, -0.15) is 30.7 Å². The molecule has 0 saturated heterocycles. The molecule has 0 spiro atoms. The Kier molecular flexibility index (Phi) is 4.05. The third kappa shape index (κ3) is 2.18. The molecule has 0 aromatic heterocycles. The van der Waals surface area contributed by atoms with E-state index in [2.05, 4.69) is 0 Å². The van der Waals surface area contributed by atoms with Gasteiger partial charge in [-0.15, -0.1) is 0 Å². The Morgan fingerprint density at radius 2 is 1.29 bits per heavy atom. The molecule has 0 aromatic carbocycles. The van der Waals surface area contributed by atoms with E-state index in [0.29, 0.717) is 6.92 Å². The smallest absolute Gasteiger partial charge is 0.371 e. The number of aliphatic hydroxyl groups is 1. The molecule has 1 atom stereocenters. The molecule has 0 aliphatic carbocycles. The van der Waals surface area contributed by atoms with Crippen LogP contribution in [-0.2, 0) is 0 Å². The van der Waals surface area contributed by atoms with Crippen molar-refractivity contribution in [2.45, 2.75) is 43.4 Å². The van der Waals surface area contributed by atoms with Gasteiger partial charge in [0.15, 0.2) is 0 Å². The van der Waals surface area contributed by atoms with Crippen molar-refractivity contribution in [1.82, 2.24) is 0 Å². The second-order valence-corrected chi connectivity index (χ2v) is 3.20. The highest BCUT2D eigenvalue weighted by Crippen LogP contribution is 2.53. The number of hydrogen-bond donors (Lipinski definition) is 1. The first-order chi connectivity index (χ1) is 7.25. The summed E-state index contributed by atoms with van der Waals surface area (Å²) in [7, 11) is 0. The van der Waals surface area contributed by atoms with E-state index in [1.54, 1.807) is 0 Å². The second-order valence-electron chi connectivity index (χ2n) is 3.20. The summed E-state index contributed by atoms with van der Waals surface area (Å²) in [6.07, 6.45) is -13.6. The predicted molar refractivity (Wildman–Crippen MR) is 37.2 cm³/mol. The van der Waals surface area contributed by atoms with Crippen molar-refractivity contribution < 1.29 is 44.6 Å². The van der Waals surface area contributed by atoms with Gasteiger partial charge >= 0.3 is 18.0 Å². The molecule has 104 valence electrons. The average Bonchev–Trinajstić information content (AvgIpc) is 2.13. The second kappa shape index (κ2) is 4.21. The highest BCUT2D eigenvalue weighted by Gasteiger charge is 2.81. The highest BCUT2D eigenvalue weighted by molar-refractivity contribution is 5.07. The molecular formula is C7H7F9O. The molecule has 1 unspecified atom stereocenters. The lowest BCUT2D eigenvalue weighted by Gasteiger charge is -2.39. The predicted octanol–water partition coefficient (Wildman–Crippen LogP) is 3.23. The van der Waals surface area contributed by atoms with Gasteiger partial charge < -0.3 is 5.11 Å². The van der Waals surface area contributed by atoms with Crippen LogP contribution in [0.1, 0.15) is 13.3 Å². The minimum Gasteiger partial charge on any atom is -0.371 e. The first kappa shape index (κ1) is 16.3. The van der Waals surface area contributed by atoms with E-state index >= 15 is 0 Å². The van der Waals surface area contributed by atoms with Gasteiger partial charge in [0.1, 0.15) is 0 Å². The first-order valence-corrected chi connectivity index (χ1v) is 4.08. The maximum absolute atomic E-state index is 12.8. The lowest BCUT2D eigenvalue weighted by Crippen LogP contribution is -2.69. The van der Waals surface area contributed by atoms with Gasteiger partial charge in [0.25, 0.3) is 12.0 Å². The molecule has 1 N–H and O–H groups in total. The molecule has 0 aliphatic heterocycles. The van der Waals surface area contributed by atoms with E-state index in [-0.39, 0.29) is 0 Å². The van der Waals surface area contributed by atoms with Gasteiger partial charge in [0.05, 0.1) is 0 Å². The van der Waals surface area contributed by atoms with Crippen LogP contribution in [0, 0.1) is 0 Å². The summed E-state index contributed by atoms with van der Waals surface area (Å²) in [6, 6.07) is 0. The molecule has 0 heterocycles. The van der Waals surface area contributed by atoms with Crippen molar-refractivity contribution in [2.75, 3.05) is 0 Å². The monoisotopic (exact) mass is 278 g/mol. The third-order valence-corrected chi connectivity index (χ3v) is 2.13. The van der Waals surface area contributed by atoms with Crippen molar-refractivity contribution in [3.63, 3.8) is 0 Å². The van der Waals surface area contributed by atoms with Crippen molar-refractivity contribution in [3.8, 4) is 0 Å².